The number of carboxylic acid groups (broad SMARTS) is 1. The molecular weight excluding hydrogens is 282 g/mol. The van der Waals surface area contributed by atoms with Gasteiger partial charge in [-0.1, -0.05) is 18.2 Å². The molecule has 1 rings (SSSR count). The van der Waals surface area contributed by atoms with Crippen molar-refractivity contribution in [3.05, 3.63) is 35.9 Å². The molecule has 0 saturated carbocycles. The van der Waals surface area contributed by atoms with Gasteiger partial charge in [0.05, 0.1) is 5.75 Å². The molecule has 1 aromatic carbocycles. The van der Waals surface area contributed by atoms with Crippen LogP contribution in [0.15, 0.2) is 30.3 Å². The Morgan fingerprint density at radius 1 is 1.20 bits per heavy atom. The monoisotopic (exact) mass is 297 g/mol. The summed E-state index contributed by atoms with van der Waals surface area (Å²) in [5, 5.41) is 8.55. The van der Waals surface area contributed by atoms with Crippen molar-refractivity contribution in [3.8, 4) is 0 Å². The van der Waals surface area contributed by atoms with E-state index in [1.54, 1.807) is 30.3 Å². The van der Waals surface area contributed by atoms with E-state index in [9.17, 15) is 14.4 Å². The highest BCUT2D eigenvalue weighted by atomic mass is 32.2. The van der Waals surface area contributed by atoms with Crippen LogP contribution < -0.4 is 16.6 Å². The number of benzene rings is 1. The summed E-state index contributed by atoms with van der Waals surface area (Å²) in [5.74, 6) is -1.84. The molecule has 0 heterocycles. The van der Waals surface area contributed by atoms with Crippen LogP contribution >= 0.6 is 11.8 Å². The van der Waals surface area contributed by atoms with Crippen molar-refractivity contribution >= 4 is 29.5 Å². The number of hydrogen-bond acceptors (Lipinski definition) is 5. The Morgan fingerprint density at radius 3 is 2.45 bits per heavy atom. The second kappa shape index (κ2) is 8.18. The Labute approximate surface area is 119 Å². The van der Waals surface area contributed by atoms with E-state index in [1.165, 1.54) is 0 Å². The maximum Gasteiger partial charge on any atom is 0.321 e. The van der Waals surface area contributed by atoms with Gasteiger partial charge in [0.25, 0.3) is 5.91 Å². The minimum absolute atomic E-state index is 0.00997. The maximum atomic E-state index is 11.6. The molecule has 0 aromatic heterocycles. The van der Waals surface area contributed by atoms with Crippen molar-refractivity contribution < 1.29 is 19.5 Å². The highest BCUT2D eigenvalue weighted by Crippen LogP contribution is 2.01. The Bertz CT molecular complexity index is 481. The van der Waals surface area contributed by atoms with E-state index >= 15 is 0 Å². The summed E-state index contributed by atoms with van der Waals surface area (Å²) in [6.07, 6.45) is 0. The van der Waals surface area contributed by atoms with Crippen molar-refractivity contribution in [2.45, 2.75) is 6.04 Å². The number of nitrogens with one attached hydrogen (secondary N) is 2. The van der Waals surface area contributed by atoms with Crippen molar-refractivity contribution in [1.29, 1.82) is 0 Å². The normalized spacial score (nSPS) is 11.4. The van der Waals surface area contributed by atoms with Gasteiger partial charge in [-0.25, -0.2) is 0 Å². The molecule has 1 atom stereocenters. The molecule has 108 valence electrons. The van der Waals surface area contributed by atoms with Gasteiger partial charge in [0.2, 0.25) is 5.91 Å². The summed E-state index contributed by atoms with van der Waals surface area (Å²) < 4.78 is 0. The first-order valence-electron chi connectivity index (χ1n) is 5.71. The molecule has 1 unspecified atom stereocenters. The van der Waals surface area contributed by atoms with Crippen molar-refractivity contribution in [3.63, 3.8) is 0 Å². The summed E-state index contributed by atoms with van der Waals surface area (Å²) in [4.78, 5) is 33.4. The molecule has 20 heavy (non-hydrogen) atoms. The van der Waals surface area contributed by atoms with Gasteiger partial charge in [0.15, 0.2) is 0 Å². The van der Waals surface area contributed by atoms with Gasteiger partial charge in [-0.15, -0.1) is 11.8 Å². The molecule has 0 radical (unpaired) electrons. The lowest BCUT2D eigenvalue weighted by molar-refractivity contribution is -0.138. The second-order valence-electron chi connectivity index (χ2n) is 3.83. The lowest BCUT2D eigenvalue weighted by Gasteiger charge is -2.08. The molecule has 0 aliphatic heterocycles. The zero-order chi connectivity index (χ0) is 15.0. The number of thioether (sulfide) groups is 1. The summed E-state index contributed by atoms with van der Waals surface area (Å²) >= 11 is 1.08. The molecule has 7 nitrogen and oxygen atoms in total. The van der Waals surface area contributed by atoms with Crippen LogP contribution in [0.4, 0.5) is 0 Å². The minimum atomic E-state index is -1.12. The molecule has 5 N–H and O–H groups in total. The molecule has 0 saturated heterocycles. The van der Waals surface area contributed by atoms with Crippen LogP contribution in [0.1, 0.15) is 10.4 Å². The molecule has 8 heteroatoms. The summed E-state index contributed by atoms with van der Waals surface area (Å²) in [7, 11) is 0. The van der Waals surface area contributed by atoms with Crippen LogP contribution in [-0.2, 0) is 9.59 Å². The first-order valence-corrected chi connectivity index (χ1v) is 6.86. The maximum absolute atomic E-state index is 11.6. The number of carbonyl (C=O) groups excluding carboxylic acids is 2. The lowest BCUT2D eigenvalue weighted by Crippen LogP contribution is -2.42. The van der Waals surface area contributed by atoms with E-state index in [-0.39, 0.29) is 11.5 Å². The zero-order valence-corrected chi connectivity index (χ0v) is 11.4. The topological polar surface area (TPSA) is 122 Å². The third-order valence-electron chi connectivity index (χ3n) is 2.20. The smallest absolute Gasteiger partial charge is 0.321 e. The highest BCUT2D eigenvalue weighted by molar-refractivity contribution is 8.00. The number of rotatable bonds is 6. The van der Waals surface area contributed by atoms with E-state index in [0.29, 0.717) is 5.56 Å². The van der Waals surface area contributed by atoms with E-state index in [0.717, 1.165) is 11.8 Å². The summed E-state index contributed by atoms with van der Waals surface area (Å²) in [6.45, 7) is 0. The average molecular weight is 297 g/mol. The van der Waals surface area contributed by atoms with Crippen LogP contribution in [0.3, 0.4) is 0 Å². The molecule has 0 aliphatic rings. The second-order valence-corrected chi connectivity index (χ2v) is 4.86. The zero-order valence-electron chi connectivity index (χ0n) is 10.5. The first kappa shape index (κ1) is 16.0. The molecular formula is C12H15N3O4S. The third-order valence-corrected chi connectivity index (χ3v) is 3.26. The molecule has 0 bridgehead atoms. The summed E-state index contributed by atoms with van der Waals surface area (Å²) in [6, 6.07) is 7.41. The molecule has 1 aromatic rings. The third kappa shape index (κ3) is 5.72. The Hall–Kier alpha value is -2.06. The van der Waals surface area contributed by atoms with Gasteiger partial charge in [-0.3, -0.25) is 25.2 Å². The lowest BCUT2D eigenvalue weighted by atomic mass is 10.2. The van der Waals surface area contributed by atoms with Crippen molar-refractivity contribution in [1.82, 2.24) is 10.9 Å². The number of carbonyl (C=O) groups is 3. The largest absolute Gasteiger partial charge is 0.480 e. The van der Waals surface area contributed by atoms with E-state index in [2.05, 4.69) is 10.9 Å². The fourth-order valence-electron chi connectivity index (χ4n) is 1.17. The number of aliphatic carboxylic acids is 1. The Balaban J connectivity index is 2.23. The van der Waals surface area contributed by atoms with Gasteiger partial charge in [-0.2, -0.15) is 0 Å². The predicted molar refractivity (Wildman–Crippen MR) is 75.0 cm³/mol. The number of hydrazine groups is 1. The Morgan fingerprint density at radius 2 is 1.85 bits per heavy atom. The van der Waals surface area contributed by atoms with Gasteiger partial charge in [0.1, 0.15) is 6.04 Å². The van der Waals surface area contributed by atoms with E-state index in [1.807, 2.05) is 0 Å². The summed E-state index contributed by atoms with van der Waals surface area (Å²) in [5.41, 5.74) is 10.2. The van der Waals surface area contributed by atoms with Gasteiger partial charge >= 0.3 is 5.97 Å². The first-order chi connectivity index (χ1) is 9.50. The highest BCUT2D eigenvalue weighted by Gasteiger charge is 2.12. The van der Waals surface area contributed by atoms with Crippen LogP contribution in [-0.4, -0.2) is 40.4 Å². The molecule has 2 amide bonds. The van der Waals surface area contributed by atoms with Gasteiger partial charge in [0, 0.05) is 11.3 Å². The average Bonchev–Trinajstić information content (AvgIpc) is 2.45. The van der Waals surface area contributed by atoms with Crippen LogP contribution in [0, 0.1) is 0 Å². The molecule has 0 fully saturated rings. The molecule has 0 aliphatic carbocycles. The standard InChI is InChI=1S/C12H15N3O4S/c13-9(12(18)19)6-20-7-10(16)14-15-11(17)8-4-2-1-3-5-8/h1-5,9H,6-7,13H2,(H,14,16)(H,15,17)(H,18,19). The number of amides is 2. The van der Waals surface area contributed by atoms with Gasteiger partial charge < -0.3 is 10.8 Å². The minimum Gasteiger partial charge on any atom is -0.480 e. The predicted octanol–water partition coefficient (Wildman–Crippen LogP) is -0.407. The quantitative estimate of drug-likeness (QED) is 0.530. The van der Waals surface area contributed by atoms with E-state index < -0.39 is 23.8 Å². The van der Waals surface area contributed by atoms with E-state index in [4.69, 9.17) is 10.8 Å². The fraction of sp³-hybridized carbons (Fsp3) is 0.250. The number of hydrogen-bond donors (Lipinski definition) is 4. The molecule has 0 spiro atoms. The fourth-order valence-corrected chi connectivity index (χ4v) is 1.95. The van der Waals surface area contributed by atoms with Crippen LogP contribution in [0.2, 0.25) is 0 Å². The SMILES string of the molecule is NC(CSCC(=O)NNC(=O)c1ccccc1)C(=O)O. The van der Waals surface area contributed by atoms with Crippen molar-refractivity contribution in [2.24, 2.45) is 5.73 Å². The van der Waals surface area contributed by atoms with Crippen molar-refractivity contribution in [2.75, 3.05) is 11.5 Å². The van der Waals surface area contributed by atoms with Crippen LogP contribution in [0.5, 0.6) is 0 Å². The Kier molecular flexibility index (Phi) is 6.54. The van der Waals surface area contributed by atoms with Crippen LogP contribution in [0.25, 0.3) is 0 Å². The van der Waals surface area contributed by atoms with Gasteiger partial charge in [-0.05, 0) is 12.1 Å². The number of nitrogens with two attached hydrogens (primary N) is 1. The number of carboxylic acids is 1.